The van der Waals surface area contributed by atoms with Gasteiger partial charge in [-0.2, -0.15) is 0 Å². The summed E-state index contributed by atoms with van der Waals surface area (Å²) in [6.07, 6.45) is 1.50. The van der Waals surface area contributed by atoms with Gasteiger partial charge in [0.25, 0.3) is 0 Å². The molecule has 0 atom stereocenters. The van der Waals surface area contributed by atoms with Crippen LogP contribution in [0.3, 0.4) is 0 Å². The number of esters is 1. The van der Waals surface area contributed by atoms with Crippen LogP contribution in [0.1, 0.15) is 6.42 Å². The minimum Gasteiger partial charge on any atom is -0.469 e. The van der Waals surface area contributed by atoms with Gasteiger partial charge in [-0.25, -0.2) is 0 Å². The zero-order valence-electron chi connectivity index (χ0n) is 5.34. The molecular formula is C5H8O3S. The van der Waals surface area contributed by atoms with E-state index in [4.69, 9.17) is 0 Å². The lowest BCUT2D eigenvalue weighted by Crippen LogP contribution is -2.05. The van der Waals surface area contributed by atoms with Crippen LogP contribution < -0.4 is 0 Å². The standard InChI is InChI=1S/C5H8O3S/c1-8-4(6)3-5(7)9-2/h3H2,1-2H3. The highest BCUT2D eigenvalue weighted by Crippen LogP contribution is 1.99. The number of thioether (sulfide) groups is 1. The first kappa shape index (κ1) is 8.49. The smallest absolute Gasteiger partial charge is 0.313 e. The molecule has 0 fully saturated rings. The second-order valence-corrected chi connectivity index (χ2v) is 2.19. The molecule has 0 spiro atoms. The number of hydrogen-bond acceptors (Lipinski definition) is 4. The maximum absolute atomic E-state index is 10.4. The average Bonchev–Trinajstić information content (AvgIpc) is 1.87. The van der Waals surface area contributed by atoms with Gasteiger partial charge in [-0.1, -0.05) is 11.8 Å². The van der Waals surface area contributed by atoms with E-state index in [0.29, 0.717) is 0 Å². The van der Waals surface area contributed by atoms with E-state index < -0.39 is 5.97 Å². The van der Waals surface area contributed by atoms with Crippen LogP contribution in [0.2, 0.25) is 0 Å². The highest BCUT2D eigenvalue weighted by atomic mass is 32.2. The molecule has 0 N–H and O–H groups in total. The van der Waals surface area contributed by atoms with E-state index in [1.807, 2.05) is 0 Å². The molecule has 0 aromatic rings. The van der Waals surface area contributed by atoms with E-state index in [0.717, 1.165) is 11.8 Å². The molecule has 3 nitrogen and oxygen atoms in total. The van der Waals surface area contributed by atoms with Crippen molar-refractivity contribution in [1.29, 1.82) is 0 Å². The molecule has 0 bridgehead atoms. The number of methoxy groups -OCH3 is 1. The highest BCUT2D eigenvalue weighted by Gasteiger charge is 2.06. The van der Waals surface area contributed by atoms with Crippen molar-refractivity contribution in [2.45, 2.75) is 6.42 Å². The maximum Gasteiger partial charge on any atom is 0.313 e. The lowest BCUT2D eigenvalue weighted by molar-refractivity contribution is -0.141. The molecule has 0 saturated heterocycles. The summed E-state index contributed by atoms with van der Waals surface area (Å²) in [6.45, 7) is 0. The number of ether oxygens (including phenoxy) is 1. The zero-order valence-corrected chi connectivity index (χ0v) is 6.16. The quantitative estimate of drug-likeness (QED) is 0.421. The highest BCUT2D eigenvalue weighted by molar-refractivity contribution is 8.13. The normalized spacial score (nSPS) is 8.67. The Kier molecular flexibility index (Phi) is 4.13. The topological polar surface area (TPSA) is 43.4 Å². The van der Waals surface area contributed by atoms with Gasteiger partial charge in [0.1, 0.15) is 6.42 Å². The van der Waals surface area contributed by atoms with E-state index in [-0.39, 0.29) is 11.5 Å². The van der Waals surface area contributed by atoms with Crippen LogP contribution in [-0.4, -0.2) is 24.5 Å². The van der Waals surface area contributed by atoms with Gasteiger partial charge in [-0.05, 0) is 6.26 Å². The lowest BCUT2D eigenvalue weighted by atomic mass is 10.5. The molecule has 0 aliphatic carbocycles. The van der Waals surface area contributed by atoms with Crippen LogP contribution in [-0.2, 0) is 14.3 Å². The van der Waals surface area contributed by atoms with Gasteiger partial charge in [0, 0.05) is 0 Å². The van der Waals surface area contributed by atoms with Gasteiger partial charge >= 0.3 is 5.97 Å². The summed E-state index contributed by atoms with van der Waals surface area (Å²) >= 11 is 1.03. The fourth-order valence-corrected chi connectivity index (χ4v) is 0.524. The second kappa shape index (κ2) is 4.38. The van der Waals surface area contributed by atoms with Gasteiger partial charge in [-0.15, -0.1) is 0 Å². The fourth-order valence-electron chi connectivity index (χ4n) is 0.262. The van der Waals surface area contributed by atoms with Crippen molar-refractivity contribution in [1.82, 2.24) is 0 Å². The molecule has 4 heteroatoms. The molecule has 0 heterocycles. The van der Waals surface area contributed by atoms with Crippen molar-refractivity contribution >= 4 is 22.8 Å². The number of carbonyl (C=O) groups excluding carboxylic acids is 2. The Balaban J connectivity index is 3.47. The molecule has 0 rings (SSSR count). The Hall–Kier alpha value is -0.510. The largest absolute Gasteiger partial charge is 0.469 e. The van der Waals surface area contributed by atoms with Gasteiger partial charge in [0.05, 0.1) is 7.11 Å². The molecule has 0 aromatic carbocycles. The third kappa shape index (κ3) is 4.02. The van der Waals surface area contributed by atoms with Crippen molar-refractivity contribution in [2.24, 2.45) is 0 Å². The second-order valence-electron chi connectivity index (χ2n) is 1.33. The SMILES string of the molecule is COC(=O)CC(=O)SC. The van der Waals surface area contributed by atoms with Crippen LogP contribution in [0.5, 0.6) is 0 Å². The fraction of sp³-hybridized carbons (Fsp3) is 0.600. The summed E-state index contributed by atoms with van der Waals surface area (Å²) in [5.41, 5.74) is 0. The Bertz CT molecular complexity index is 107. The van der Waals surface area contributed by atoms with Crippen LogP contribution in [0, 0.1) is 0 Å². The first-order valence-electron chi connectivity index (χ1n) is 2.34. The first-order chi connectivity index (χ1) is 4.20. The monoisotopic (exact) mass is 148 g/mol. The summed E-state index contributed by atoms with van der Waals surface area (Å²) in [5.74, 6) is -0.477. The molecule has 0 radical (unpaired) electrons. The molecule has 0 aromatic heterocycles. The average molecular weight is 148 g/mol. The Morgan fingerprint density at radius 2 is 2.11 bits per heavy atom. The predicted octanol–water partition coefficient (Wildman–Crippen LogP) is 0.439. The van der Waals surface area contributed by atoms with Crippen molar-refractivity contribution in [3.05, 3.63) is 0 Å². The van der Waals surface area contributed by atoms with Crippen LogP contribution in [0.25, 0.3) is 0 Å². The summed E-state index contributed by atoms with van der Waals surface area (Å²) in [6, 6.07) is 0. The van der Waals surface area contributed by atoms with E-state index in [2.05, 4.69) is 4.74 Å². The number of rotatable bonds is 2. The Labute approximate surface area is 57.8 Å². The van der Waals surface area contributed by atoms with Crippen LogP contribution >= 0.6 is 11.8 Å². The third-order valence-corrected chi connectivity index (χ3v) is 1.34. The molecule has 52 valence electrons. The van der Waals surface area contributed by atoms with Crippen LogP contribution in [0.4, 0.5) is 0 Å². The van der Waals surface area contributed by atoms with Crippen LogP contribution in [0.15, 0.2) is 0 Å². The van der Waals surface area contributed by atoms with E-state index >= 15 is 0 Å². The Morgan fingerprint density at radius 3 is 2.44 bits per heavy atom. The summed E-state index contributed by atoms with van der Waals surface area (Å²) in [7, 11) is 1.26. The molecule has 0 aliphatic heterocycles. The minimum atomic E-state index is -0.477. The summed E-state index contributed by atoms with van der Waals surface area (Å²) in [4.78, 5) is 20.8. The van der Waals surface area contributed by atoms with Crippen molar-refractivity contribution in [3.63, 3.8) is 0 Å². The lowest BCUT2D eigenvalue weighted by Gasteiger charge is -1.93. The van der Waals surface area contributed by atoms with Gasteiger partial charge in [0.2, 0.25) is 0 Å². The molecule has 0 amide bonds. The van der Waals surface area contributed by atoms with E-state index in [9.17, 15) is 9.59 Å². The first-order valence-corrected chi connectivity index (χ1v) is 3.56. The molecule has 0 unspecified atom stereocenters. The molecular weight excluding hydrogens is 140 g/mol. The Morgan fingerprint density at radius 1 is 1.56 bits per heavy atom. The number of carbonyl (C=O) groups is 2. The zero-order chi connectivity index (χ0) is 7.28. The van der Waals surface area contributed by atoms with Crippen molar-refractivity contribution in [3.8, 4) is 0 Å². The third-order valence-electron chi connectivity index (χ3n) is 0.744. The van der Waals surface area contributed by atoms with E-state index in [1.165, 1.54) is 7.11 Å². The van der Waals surface area contributed by atoms with Crippen molar-refractivity contribution < 1.29 is 14.3 Å². The number of hydrogen-bond donors (Lipinski definition) is 0. The maximum atomic E-state index is 10.4. The van der Waals surface area contributed by atoms with Gasteiger partial charge in [0.15, 0.2) is 5.12 Å². The molecule has 0 saturated carbocycles. The molecule has 0 aliphatic rings. The molecule has 9 heavy (non-hydrogen) atoms. The minimum absolute atomic E-state index is 0.127. The predicted molar refractivity (Wildman–Crippen MR) is 35.2 cm³/mol. The summed E-state index contributed by atoms with van der Waals surface area (Å²) < 4.78 is 4.25. The summed E-state index contributed by atoms with van der Waals surface area (Å²) in [5, 5.41) is -0.165. The van der Waals surface area contributed by atoms with Gasteiger partial charge in [-0.3, -0.25) is 9.59 Å². The van der Waals surface area contributed by atoms with Gasteiger partial charge < -0.3 is 4.74 Å². The van der Waals surface area contributed by atoms with E-state index in [1.54, 1.807) is 6.26 Å². The van der Waals surface area contributed by atoms with Crippen molar-refractivity contribution in [2.75, 3.05) is 13.4 Å².